The Labute approximate surface area is 184 Å². The number of likely N-dealkylation sites (tertiary alicyclic amines) is 2. The minimum atomic E-state index is -0.101. The number of hydrogen-bond donors (Lipinski definition) is 1. The molecule has 5 rings (SSSR count). The van der Waals surface area contributed by atoms with Crippen LogP contribution in [0.25, 0.3) is 0 Å². The molecule has 1 aromatic carbocycles. The summed E-state index contributed by atoms with van der Waals surface area (Å²) in [6.07, 6.45) is 3.61. The number of ether oxygens (including phenoxy) is 1. The SMILES string of the molecule is O=C(Nc1ccc(OC2CN(C(=O)c3ccsc3)C2)cc1)N1CC(c2cccnc2)C1. The third kappa shape index (κ3) is 4.25. The summed E-state index contributed by atoms with van der Waals surface area (Å²) < 4.78 is 5.93. The molecule has 3 aromatic rings. The minimum absolute atomic E-state index is 0.00600. The second-order valence-corrected chi connectivity index (χ2v) is 8.58. The first kappa shape index (κ1) is 19.6. The average molecular weight is 435 g/mol. The smallest absolute Gasteiger partial charge is 0.321 e. The molecule has 2 fully saturated rings. The van der Waals surface area contributed by atoms with Crippen LogP contribution in [0.5, 0.6) is 5.75 Å². The number of carbonyl (C=O) groups excluding carboxylic acids is 2. The van der Waals surface area contributed by atoms with Crippen molar-refractivity contribution in [1.82, 2.24) is 14.8 Å². The highest BCUT2D eigenvalue weighted by Crippen LogP contribution is 2.27. The van der Waals surface area contributed by atoms with E-state index in [0.29, 0.717) is 32.1 Å². The van der Waals surface area contributed by atoms with Gasteiger partial charge in [0, 0.05) is 42.5 Å². The molecule has 31 heavy (non-hydrogen) atoms. The molecule has 0 spiro atoms. The highest BCUT2D eigenvalue weighted by atomic mass is 32.1. The van der Waals surface area contributed by atoms with Crippen molar-refractivity contribution in [2.24, 2.45) is 0 Å². The van der Waals surface area contributed by atoms with Gasteiger partial charge in [-0.25, -0.2) is 4.79 Å². The number of rotatable bonds is 5. The van der Waals surface area contributed by atoms with Gasteiger partial charge < -0.3 is 19.9 Å². The van der Waals surface area contributed by atoms with Crippen LogP contribution >= 0.6 is 11.3 Å². The van der Waals surface area contributed by atoms with Gasteiger partial charge in [-0.1, -0.05) is 6.07 Å². The molecular formula is C23H22N4O3S. The van der Waals surface area contributed by atoms with E-state index in [2.05, 4.69) is 10.3 Å². The maximum atomic E-state index is 12.4. The fraction of sp³-hybridized carbons (Fsp3) is 0.261. The number of aromatic nitrogens is 1. The number of urea groups is 1. The van der Waals surface area contributed by atoms with Crippen LogP contribution < -0.4 is 10.1 Å². The van der Waals surface area contributed by atoms with E-state index in [9.17, 15) is 9.59 Å². The molecule has 2 saturated heterocycles. The average Bonchev–Trinajstić information content (AvgIpc) is 3.26. The second-order valence-electron chi connectivity index (χ2n) is 7.80. The van der Waals surface area contributed by atoms with Gasteiger partial charge in [-0.3, -0.25) is 9.78 Å². The number of amides is 3. The predicted octanol–water partition coefficient (Wildman–Crippen LogP) is 3.68. The summed E-state index contributed by atoms with van der Waals surface area (Å²) in [5, 5.41) is 6.69. The zero-order valence-electron chi connectivity index (χ0n) is 16.8. The summed E-state index contributed by atoms with van der Waals surface area (Å²) in [5.41, 5.74) is 2.63. The summed E-state index contributed by atoms with van der Waals surface area (Å²) in [5.74, 6) is 1.13. The van der Waals surface area contributed by atoms with E-state index in [-0.39, 0.29) is 18.0 Å². The van der Waals surface area contributed by atoms with Gasteiger partial charge in [0.1, 0.15) is 11.9 Å². The van der Waals surface area contributed by atoms with Crippen molar-refractivity contribution in [3.8, 4) is 5.75 Å². The van der Waals surface area contributed by atoms with Gasteiger partial charge in [-0.05, 0) is 47.3 Å². The Morgan fingerprint density at radius 1 is 1.03 bits per heavy atom. The van der Waals surface area contributed by atoms with Crippen molar-refractivity contribution in [3.05, 3.63) is 76.7 Å². The van der Waals surface area contributed by atoms with Gasteiger partial charge in [0.15, 0.2) is 0 Å². The summed E-state index contributed by atoms with van der Waals surface area (Å²) in [6.45, 7) is 2.56. The molecule has 0 unspecified atom stereocenters. The lowest BCUT2D eigenvalue weighted by atomic mass is 9.93. The van der Waals surface area contributed by atoms with E-state index in [1.165, 1.54) is 16.9 Å². The molecule has 3 amide bonds. The molecule has 0 bridgehead atoms. The largest absolute Gasteiger partial charge is 0.487 e. The van der Waals surface area contributed by atoms with Crippen molar-refractivity contribution in [1.29, 1.82) is 0 Å². The molecule has 0 aliphatic carbocycles. The number of carbonyl (C=O) groups is 2. The fourth-order valence-corrected chi connectivity index (χ4v) is 4.36. The number of nitrogens with one attached hydrogen (secondary N) is 1. The lowest BCUT2D eigenvalue weighted by Crippen LogP contribution is -2.56. The first-order valence-electron chi connectivity index (χ1n) is 10.2. The highest BCUT2D eigenvalue weighted by Gasteiger charge is 2.33. The van der Waals surface area contributed by atoms with Crippen LogP contribution in [0.1, 0.15) is 21.8 Å². The molecule has 1 N–H and O–H groups in total. The third-order valence-corrected chi connectivity index (χ3v) is 6.32. The van der Waals surface area contributed by atoms with Crippen LogP contribution in [0.4, 0.5) is 10.5 Å². The monoisotopic (exact) mass is 434 g/mol. The molecule has 2 aromatic heterocycles. The van der Waals surface area contributed by atoms with Crippen LogP contribution in [0.3, 0.4) is 0 Å². The molecule has 8 heteroatoms. The van der Waals surface area contributed by atoms with Gasteiger partial charge in [-0.15, -0.1) is 0 Å². The Balaban J connectivity index is 1.06. The van der Waals surface area contributed by atoms with E-state index in [1.54, 1.807) is 16.0 Å². The Kier molecular flexibility index (Phi) is 5.30. The summed E-state index contributed by atoms with van der Waals surface area (Å²) in [4.78, 5) is 32.4. The van der Waals surface area contributed by atoms with Crippen molar-refractivity contribution in [3.63, 3.8) is 0 Å². The van der Waals surface area contributed by atoms with Crippen molar-refractivity contribution < 1.29 is 14.3 Å². The predicted molar refractivity (Wildman–Crippen MR) is 119 cm³/mol. The lowest BCUT2D eigenvalue weighted by molar-refractivity contribution is 0.0178. The first-order chi connectivity index (χ1) is 15.2. The zero-order chi connectivity index (χ0) is 21.2. The van der Waals surface area contributed by atoms with E-state index in [0.717, 1.165) is 17.0 Å². The Bertz CT molecular complexity index is 1040. The summed E-state index contributed by atoms with van der Waals surface area (Å²) >= 11 is 1.52. The summed E-state index contributed by atoms with van der Waals surface area (Å²) in [7, 11) is 0. The normalized spacial score (nSPS) is 16.4. The van der Waals surface area contributed by atoms with E-state index in [1.807, 2.05) is 59.4 Å². The fourth-order valence-electron chi connectivity index (χ4n) is 3.73. The standard InChI is InChI=1S/C23H22N4O3S/c28-22(17-7-9-31-15-17)26-13-21(14-26)30-20-5-3-19(4-6-20)25-23(29)27-11-18(12-27)16-2-1-8-24-10-16/h1-10,15,18,21H,11-14H2,(H,25,29). The van der Waals surface area contributed by atoms with Gasteiger partial charge in [0.2, 0.25) is 0 Å². The molecule has 7 nitrogen and oxygen atoms in total. The van der Waals surface area contributed by atoms with Crippen molar-refractivity contribution in [2.75, 3.05) is 31.5 Å². The maximum Gasteiger partial charge on any atom is 0.321 e. The highest BCUT2D eigenvalue weighted by molar-refractivity contribution is 7.08. The van der Waals surface area contributed by atoms with Crippen LogP contribution in [0.15, 0.2) is 65.6 Å². The van der Waals surface area contributed by atoms with E-state index < -0.39 is 0 Å². The van der Waals surface area contributed by atoms with Gasteiger partial charge in [0.05, 0.1) is 18.7 Å². The Morgan fingerprint density at radius 3 is 2.52 bits per heavy atom. The zero-order valence-corrected chi connectivity index (χ0v) is 17.6. The number of benzene rings is 1. The van der Waals surface area contributed by atoms with Crippen LogP contribution in [0.2, 0.25) is 0 Å². The number of nitrogens with zero attached hydrogens (tertiary/aromatic N) is 3. The van der Waals surface area contributed by atoms with Crippen LogP contribution in [-0.2, 0) is 0 Å². The topological polar surface area (TPSA) is 74.8 Å². The molecule has 4 heterocycles. The van der Waals surface area contributed by atoms with Crippen molar-refractivity contribution in [2.45, 2.75) is 12.0 Å². The molecule has 2 aliphatic heterocycles. The number of hydrogen-bond acceptors (Lipinski definition) is 5. The molecule has 158 valence electrons. The van der Waals surface area contributed by atoms with Crippen molar-refractivity contribution >= 4 is 29.0 Å². The molecule has 0 saturated carbocycles. The molecular weight excluding hydrogens is 412 g/mol. The quantitative estimate of drug-likeness (QED) is 0.665. The molecule has 2 aliphatic rings. The summed E-state index contributed by atoms with van der Waals surface area (Å²) in [6, 6.07) is 13.1. The van der Waals surface area contributed by atoms with Crippen LogP contribution in [0, 0.1) is 0 Å². The Hall–Kier alpha value is -3.39. The Morgan fingerprint density at radius 2 is 1.84 bits per heavy atom. The molecule has 0 atom stereocenters. The third-order valence-electron chi connectivity index (χ3n) is 5.64. The second kappa shape index (κ2) is 8.39. The van der Waals surface area contributed by atoms with Gasteiger partial charge in [0.25, 0.3) is 5.91 Å². The lowest BCUT2D eigenvalue weighted by Gasteiger charge is -2.39. The van der Waals surface area contributed by atoms with Crippen LogP contribution in [-0.4, -0.2) is 59.0 Å². The number of thiophene rings is 1. The first-order valence-corrected chi connectivity index (χ1v) is 11.1. The number of anilines is 1. The van der Waals surface area contributed by atoms with Gasteiger partial charge in [-0.2, -0.15) is 11.3 Å². The minimum Gasteiger partial charge on any atom is -0.487 e. The van der Waals surface area contributed by atoms with Gasteiger partial charge >= 0.3 is 6.03 Å². The maximum absolute atomic E-state index is 12.4. The van der Waals surface area contributed by atoms with E-state index in [4.69, 9.17) is 4.74 Å². The molecule has 0 radical (unpaired) electrons. The number of pyridine rings is 1. The van der Waals surface area contributed by atoms with E-state index >= 15 is 0 Å².